The number of rotatable bonds is 3. The maximum absolute atomic E-state index is 12.3. The molecule has 1 aromatic carbocycles. The summed E-state index contributed by atoms with van der Waals surface area (Å²) in [6.07, 6.45) is 1.42. The van der Waals surface area contributed by atoms with E-state index in [1.54, 1.807) is 18.2 Å². The highest BCUT2D eigenvalue weighted by molar-refractivity contribution is 7.92. The van der Waals surface area contributed by atoms with Gasteiger partial charge in [0.05, 0.1) is 17.4 Å². The van der Waals surface area contributed by atoms with Gasteiger partial charge >= 0.3 is 0 Å². The molecule has 0 unspecified atom stereocenters. The highest BCUT2D eigenvalue weighted by atomic mass is 35.5. The van der Waals surface area contributed by atoms with E-state index < -0.39 is 10.0 Å². The maximum atomic E-state index is 12.3. The van der Waals surface area contributed by atoms with Crippen molar-refractivity contribution in [2.24, 2.45) is 0 Å². The summed E-state index contributed by atoms with van der Waals surface area (Å²) in [6.45, 7) is 0. The fourth-order valence-electron chi connectivity index (χ4n) is 1.66. The second kappa shape index (κ2) is 4.97. The van der Waals surface area contributed by atoms with E-state index in [9.17, 15) is 8.42 Å². The second-order valence-electron chi connectivity index (χ2n) is 3.84. The third-order valence-corrected chi connectivity index (χ3v) is 4.90. The standard InChI is InChI=1S/C11H7ClN4O2S2/c12-11-9(5-2-6-13-11)20(17,18)16-8-4-1-3-7-10(8)15-19-14-7/h1-6,16H. The number of nitrogens with one attached hydrogen (secondary N) is 1. The Morgan fingerprint density at radius 1 is 1.15 bits per heavy atom. The normalized spacial score (nSPS) is 11.7. The first-order valence-corrected chi connectivity index (χ1v) is 8.02. The second-order valence-corrected chi connectivity index (χ2v) is 6.37. The van der Waals surface area contributed by atoms with E-state index in [2.05, 4.69) is 18.5 Å². The van der Waals surface area contributed by atoms with E-state index >= 15 is 0 Å². The topological polar surface area (TPSA) is 84.8 Å². The largest absolute Gasteiger partial charge is 0.277 e. The smallest absolute Gasteiger partial charge is 0.265 e. The molecular weight excluding hydrogens is 320 g/mol. The molecule has 0 aliphatic carbocycles. The Labute approximate surface area is 123 Å². The van der Waals surface area contributed by atoms with Crippen molar-refractivity contribution in [1.29, 1.82) is 0 Å². The van der Waals surface area contributed by atoms with E-state index in [-0.39, 0.29) is 10.0 Å². The van der Waals surface area contributed by atoms with Crippen molar-refractivity contribution in [2.75, 3.05) is 4.72 Å². The van der Waals surface area contributed by atoms with Crippen LogP contribution in [0.4, 0.5) is 5.69 Å². The quantitative estimate of drug-likeness (QED) is 0.748. The van der Waals surface area contributed by atoms with Crippen molar-refractivity contribution in [3.63, 3.8) is 0 Å². The summed E-state index contributed by atoms with van der Waals surface area (Å²) in [4.78, 5) is 3.68. The minimum Gasteiger partial charge on any atom is -0.277 e. The number of hydrogen-bond acceptors (Lipinski definition) is 6. The van der Waals surface area contributed by atoms with Crippen LogP contribution in [-0.2, 0) is 10.0 Å². The summed E-state index contributed by atoms with van der Waals surface area (Å²) < 4.78 is 35.2. The summed E-state index contributed by atoms with van der Waals surface area (Å²) in [7, 11) is -3.82. The number of pyridine rings is 1. The first kappa shape index (κ1) is 13.2. The molecule has 2 heterocycles. The molecular formula is C11H7ClN4O2S2. The molecule has 0 saturated heterocycles. The number of anilines is 1. The van der Waals surface area contributed by atoms with Gasteiger partial charge < -0.3 is 0 Å². The minimum absolute atomic E-state index is 0.0800. The molecule has 0 bridgehead atoms. The minimum atomic E-state index is -3.82. The van der Waals surface area contributed by atoms with Gasteiger partial charge in [-0.1, -0.05) is 17.7 Å². The van der Waals surface area contributed by atoms with Gasteiger partial charge in [-0.2, -0.15) is 8.75 Å². The van der Waals surface area contributed by atoms with Crippen molar-refractivity contribution >= 4 is 50.1 Å². The van der Waals surface area contributed by atoms with E-state index in [1.165, 1.54) is 18.3 Å². The molecule has 0 atom stereocenters. The highest BCUT2D eigenvalue weighted by Gasteiger charge is 2.20. The van der Waals surface area contributed by atoms with Crippen molar-refractivity contribution in [2.45, 2.75) is 4.90 Å². The zero-order valence-corrected chi connectivity index (χ0v) is 12.2. The van der Waals surface area contributed by atoms with Crippen LogP contribution in [0.2, 0.25) is 5.15 Å². The van der Waals surface area contributed by atoms with E-state index in [0.717, 1.165) is 11.7 Å². The molecule has 20 heavy (non-hydrogen) atoms. The molecule has 6 nitrogen and oxygen atoms in total. The maximum Gasteiger partial charge on any atom is 0.265 e. The Morgan fingerprint density at radius 2 is 2.00 bits per heavy atom. The molecule has 0 saturated carbocycles. The summed E-state index contributed by atoms with van der Waals surface area (Å²) in [5.41, 5.74) is 1.49. The van der Waals surface area contributed by atoms with Crippen LogP contribution in [0.25, 0.3) is 11.0 Å². The highest BCUT2D eigenvalue weighted by Crippen LogP contribution is 2.26. The number of aromatic nitrogens is 3. The summed E-state index contributed by atoms with van der Waals surface area (Å²) in [5.74, 6) is 0. The van der Waals surface area contributed by atoms with Gasteiger partial charge in [-0.3, -0.25) is 4.72 Å². The fraction of sp³-hybridized carbons (Fsp3) is 0. The lowest BCUT2D eigenvalue weighted by molar-refractivity contribution is 0.601. The lowest BCUT2D eigenvalue weighted by atomic mass is 10.3. The van der Waals surface area contributed by atoms with Crippen molar-refractivity contribution < 1.29 is 8.42 Å². The number of benzene rings is 1. The number of fused-ring (bicyclic) bond motifs is 1. The predicted molar refractivity (Wildman–Crippen MR) is 77.5 cm³/mol. The third-order valence-electron chi connectivity index (χ3n) is 2.54. The van der Waals surface area contributed by atoms with Gasteiger partial charge in [0.2, 0.25) is 0 Å². The average Bonchev–Trinajstić information content (AvgIpc) is 2.88. The summed E-state index contributed by atoms with van der Waals surface area (Å²) in [5, 5.41) is -0.0800. The Bertz CT molecular complexity index is 879. The fourth-order valence-corrected chi connectivity index (χ4v) is 3.73. The zero-order valence-electron chi connectivity index (χ0n) is 9.82. The molecule has 3 rings (SSSR count). The van der Waals surface area contributed by atoms with Crippen LogP contribution in [0.5, 0.6) is 0 Å². The molecule has 0 radical (unpaired) electrons. The lowest BCUT2D eigenvalue weighted by Gasteiger charge is -2.08. The number of hydrogen-bond donors (Lipinski definition) is 1. The van der Waals surface area contributed by atoms with Gasteiger partial charge in [0.25, 0.3) is 10.0 Å². The van der Waals surface area contributed by atoms with Crippen LogP contribution in [0.1, 0.15) is 0 Å². The van der Waals surface area contributed by atoms with E-state index in [1.807, 2.05) is 0 Å². The third kappa shape index (κ3) is 2.33. The molecule has 102 valence electrons. The van der Waals surface area contributed by atoms with Gasteiger partial charge in [-0.25, -0.2) is 13.4 Å². The van der Waals surface area contributed by atoms with Crippen LogP contribution < -0.4 is 4.72 Å². The van der Waals surface area contributed by atoms with Gasteiger partial charge in [0.1, 0.15) is 21.1 Å². The van der Waals surface area contributed by atoms with Crippen LogP contribution >= 0.6 is 23.3 Å². The Hall–Kier alpha value is -1.77. The Morgan fingerprint density at radius 3 is 2.80 bits per heavy atom. The van der Waals surface area contributed by atoms with Crippen molar-refractivity contribution in [3.05, 3.63) is 41.7 Å². The van der Waals surface area contributed by atoms with Crippen LogP contribution in [0, 0.1) is 0 Å². The monoisotopic (exact) mass is 326 g/mol. The number of sulfonamides is 1. The van der Waals surface area contributed by atoms with Crippen LogP contribution in [-0.4, -0.2) is 22.1 Å². The average molecular weight is 327 g/mol. The molecule has 1 N–H and O–H groups in total. The zero-order chi connectivity index (χ0) is 14.2. The van der Waals surface area contributed by atoms with Crippen molar-refractivity contribution in [3.8, 4) is 0 Å². The Kier molecular flexibility index (Phi) is 3.28. The molecule has 2 aromatic heterocycles. The van der Waals surface area contributed by atoms with Gasteiger partial charge in [0, 0.05) is 6.20 Å². The first-order chi connectivity index (χ1) is 9.58. The van der Waals surface area contributed by atoms with Gasteiger partial charge in [0.15, 0.2) is 0 Å². The molecule has 0 aliphatic rings. The molecule has 0 aliphatic heterocycles. The molecule has 0 amide bonds. The molecule has 0 spiro atoms. The Balaban J connectivity index is 2.06. The summed E-state index contributed by atoms with van der Waals surface area (Å²) in [6, 6.07) is 7.97. The molecule has 0 fully saturated rings. The van der Waals surface area contributed by atoms with Gasteiger partial charge in [-0.15, -0.1) is 0 Å². The van der Waals surface area contributed by atoms with Crippen molar-refractivity contribution in [1.82, 2.24) is 13.7 Å². The van der Waals surface area contributed by atoms with Gasteiger partial charge in [-0.05, 0) is 24.3 Å². The predicted octanol–water partition coefficient (Wildman–Crippen LogP) is 2.54. The first-order valence-electron chi connectivity index (χ1n) is 5.42. The number of halogens is 1. The summed E-state index contributed by atoms with van der Waals surface area (Å²) >= 11 is 6.83. The molecule has 9 heteroatoms. The lowest BCUT2D eigenvalue weighted by Crippen LogP contribution is -2.14. The van der Waals surface area contributed by atoms with E-state index in [0.29, 0.717) is 16.7 Å². The van der Waals surface area contributed by atoms with Crippen LogP contribution in [0.3, 0.4) is 0 Å². The number of nitrogens with zero attached hydrogens (tertiary/aromatic N) is 3. The van der Waals surface area contributed by atoms with Crippen LogP contribution in [0.15, 0.2) is 41.4 Å². The SMILES string of the molecule is O=S(=O)(Nc1cccc2nsnc12)c1cccnc1Cl. The molecule has 3 aromatic rings. The van der Waals surface area contributed by atoms with E-state index in [4.69, 9.17) is 11.6 Å².